The molecule has 0 spiro atoms. The molecule has 1 fully saturated rings. The Hall–Kier alpha value is -1.91. The first-order valence-corrected chi connectivity index (χ1v) is 7.09. The summed E-state index contributed by atoms with van der Waals surface area (Å²) in [6, 6.07) is 3.58. The van der Waals surface area contributed by atoms with Gasteiger partial charge in [-0.05, 0) is 43.2 Å². The smallest absolute Gasteiger partial charge is 0.258 e. The molecule has 1 aliphatic rings. The van der Waals surface area contributed by atoms with Crippen LogP contribution in [-0.2, 0) is 0 Å². The number of nitrogens with two attached hydrogens (primary N) is 1. The van der Waals surface area contributed by atoms with Crippen LogP contribution in [0, 0.1) is 5.41 Å². The Morgan fingerprint density at radius 3 is 2.75 bits per heavy atom. The van der Waals surface area contributed by atoms with Gasteiger partial charge in [-0.1, -0.05) is 19.0 Å². The summed E-state index contributed by atoms with van der Waals surface area (Å²) < 4.78 is 5.37. The molecule has 2 N–H and O–H groups in total. The van der Waals surface area contributed by atoms with Crippen LogP contribution in [0.25, 0.3) is 11.5 Å². The van der Waals surface area contributed by atoms with Crippen molar-refractivity contribution < 1.29 is 4.52 Å². The fraction of sp³-hybridized carbons (Fsp3) is 0.533. The highest BCUT2D eigenvalue weighted by atomic mass is 16.5. The van der Waals surface area contributed by atoms with Crippen LogP contribution in [0.2, 0.25) is 0 Å². The molecule has 5 nitrogen and oxygen atoms in total. The minimum atomic E-state index is 0.416. The molecular weight excluding hydrogens is 252 g/mol. The molecule has 0 aromatic carbocycles. The molecule has 3 rings (SSSR count). The second kappa shape index (κ2) is 4.89. The monoisotopic (exact) mass is 272 g/mol. The van der Waals surface area contributed by atoms with Crippen molar-refractivity contribution in [3.8, 4) is 11.5 Å². The minimum absolute atomic E-state index is 0.416. The molecule has 106 valence electrons. The number of hydrogen-bond acceptors (Lipinski definition) is 5. The quantitative estimate of drug-likeness (QED) is 0.906. The summed E-state index contributed by atoms with van der Waals surface area (Å²) in [4.78, 5) is 8.50. The van der Waals surface area contributed by atoms with E-state index in [1.807, 2.05) is 6.07 Å². The molecule has 0 unspecified atom stereocenters. The topological polar surface area (TPSA) is 77.8 Å². The van der Waals surface area contributed by atoms with Crippen molar-refractivity contribution >= 4 is 5.82 Å². The van der Waals surface area contributed by atoms with Gasteiger partial charge in [-0.3, -0.25) is 0 Å². The minimum Gasteiger partial charge on any atom is -0.384 e. The van der Waals surface area contributed by atoms with Gasteiger partial charge in [-0.15, -0.1) is 0 Å². The number of pyridine rings is 1. The second-order valence-electron chi connectivity index (χ2n) is 6.37. The van der Waals surface area contributed by atoms with Gasteiger partial charge < -0.3 is 10.3 Å². The zero-order chi connectivity index (χ0) is 14.2. The number of anilines is 1. The third kappa shape index (κ3) is 2.66. The molecule has 0 saturated heterocycles. The van der Waals surface area contributed by atoms with E-state index in [2.05, 4.69) is 29.0 Å². The molecule has 0 bridgehead atoms. The summed E-state index contributed by atoms with van der Waals surface area (Å²) in [6.07, 6.45) is 6.33. The average Bonchev–Trinajstić information content (AvgIpc) is 2.88. The first kappa shape index (κ1) is 13.1. The van der Waals surface area contributed by atoms with Crippen LogP contribution < -0.4 is 5.73 Å². The summed E-state index contributed by atoms with van der Waals surface area (Å²) in [6.45, 7) is 4.65. The van der Waals surface area contributed by atoms with Crippen molar-refractivity contribution in [1.29, 1.82) is 0 Å². The lowest BCUT2D eigenvalue weighted by Crippen LogP contribution is -2.20. The van der Waals surface area contributed by atoms with Crippen molar-refractivity contribution in [1.82, 2.24) is 15.1 Å². The Balaban J connectivity index is 1.78. The molecule has 2 heterocycles. The normalized spacial score (nSPS) is 19.1. The van der Waals surface area contributed by atoms with E-state index >= 15 is 0 Å². The van der Waals surface area contributed by atoms with Gasteiger partial charge in [0.2, 0.25) is 0 Å². The van der Waals surface area contributed by atoms with Gasteiger partial charge in [0.1, 0.15) is 5.82 Å². The lowest BCUT2D eigenvalue weighted by molar-refractivity contribution is 0.218. The van der Waals surface area contributed by atoms with E-state index in [0.717, 1.165) is 24.2 Å². The van der Waals surface area contributed by atoms with Gasteiger partial charge in [-0.25, -0.2) is 4.98 Å². The van der Waals surface area contributed by atoms with E-state index < -0.39 is 0 Å². The van der Waals surface area contributed by atoms with Crippen LogP contribution in [0.5, 0.6) is 0 Å². The first-order valence-electron chi connectivity index (χ1n) is 7.09. The van der Waals surface area contributed by atoms with Gasteiger partial charge >= 0.3 is 0 Å². The molecular formula is C15H20N4O. The molecule has 1 saturated carbocycles. The highest BCUT2D eigenvalue weighted by molar-refractivity contribution is 5.56. The number of nitrogens with zero attached hydrogens (tertiary/aromatic N) is 3. The van der Waals surface area contributed by atoms with Crippen molar-refractivity contribution in [2.45, 2.75) is 45.4 Å². The van der Waals surface area contributed by atoms with Crippen LogP contribution in [0.15, 0.2) is 22.9 Å². The Labute approximate surface area is 118 Å². The largest absolute Gasteiger partial charge is 0.384 e. The number of aromatic nitrogens is 3. The number of rotatable bonds is 2. The van der Waals surface area contributed by atoms with Gasteiger partial charge in [-0.2, -0.15) is 4.98 Å². The zero-order valence-corrected chi connectivity index (χ0v) is 12.0. The van der Waals surface area contributed by atoms with Crippen LogP contribution in [0.4, 0.5) is 5.82 Å². The van der Waals surface area contributed by atoms with Crippen LogP contribution in [0.1, 0.15) is 51.3 Å². The first-order chi connectivity index (χ1) is 9.53. The summed E-state index contributed by atoms with van der Waals surface area (Å²) in [5.74, 6) is 2.23. The van der Waals surface area contributed by atoms with Crippen LogP contribution in [0.3, 0.4) is 0 Å². The van der Waals surface area contributed by atoms with Crippen molar-refractivity contribution in [3.63, 3.8) is 0 Å². The Morgan fingerprint density at radius 2 is 2.05 bits per heavy atom. The predicted octanol–water partition coefficient (Wildman–Crippen LogP) is 3.40. The molecule has 5 heteroatoms. The molecule has 0 atom stereocenters. The van der Waals surface area contributed by atoms with Crippen molar-refractivity contribution in [2.75, 3.05) is 5.73 Å². The molecule has 0 amide bonds. The fourth-order valence-corrected chi connectivity index (χ4v) is 2.76. The van der Waals surface area contributed by atoms with Gasteiger partial charge in [0.25, 0.3) is 5.89 Å². The molecule has 0 radical (unpaired) electrons. The Morgan fingerprint density at radius 1 is 1.30 bits per heavy atom. The Bertz CT molecular complexity index is 595. The summed E-state index contributed by atoms with van der Waals surface area (Å²) in [7, 11) is 0. The highest BCUT2D eigenvalue weighted by Gasteiger charge is 2.30. The van der Waals surface area contributed by atoms with E-state index in [9.17, 15) is 0 Å². The second-order valence-corrected chi connectivity index (χ2v) is 6.37. The van der Waals surface area contributed by atoms with Crippen LogP contribution >= 0.6 is 0 Å². The molecule has 1 aliphatic carbocycles. The van der Waals surface area contributed by atoms with E-state index in [1.54, 1.807) is 12.3 Å². The third-order valence-corrected chi connectivity index (χ3v) is 4.17. The molecule has 2 aromatic heterocycles. The highest BCUT2D eigenvalue weighted by Crippen LogP contribution is 2.41. The molecule has 2 aromatic rings. The number of nitrogen functional groups attached to an aromatic ring is 1. The van der Waals surface area contributed by atoms with Gasteiger partial charge in [0.15, 0.2) is 5.82 Å². The van der Waals surface area contributed by atoms with Gasteiger partial charge in [0.05, 0.1) is 0 Å². The maximum absolute atomic E-state index is 5.67. The predicted molar refractivity (Wildman–Crippen MR) is 76.9 cm³/mol. The van der Waals surface area contributed by atoms with Gasteiger partial charge in [0, 0.05) is 17.7 Å². The summed E-state index contributed by atoms with van der Waals surface area (Å²) >= 11 is 0. The number of hydrogen-bond donors (Lipinski definition) is 1. The molecule has 20 heavy (non-hydrogen) atoms. The van der Waals surface area contributed by atoms with Crippen molar-refractivity contribution in [2.24, 2.45) is 5.41 Å². The van der Waals surface area contributed by atoms with Crippen molar-refractivity contribution in [3.05, 3.63) is 24.2 Å². The average molecular weight is 272 g/mol. The maximum Gasteiger partial charge on any atom is 0.258 e. The summed E-state index contributed by atoms with van der Waals surface area (Å²) in [5, 5.41) is 4.15. The summed E-state index contributed by atoms with van der Waals surface area (Å²) in [5.41, 5.74) is 6.95. The standard InChI is InChI=1S/C15H20N4O/c1-15(2)6-3-10(4-7-15)13-18-14(20-19-13)11-5-8-17-12(16)9-11/h5,8-10H,3-4,6-7H2,1-2H3,(H2,16,17). The molecule has 0 aliphatic heterocycles. The lowest BCUT2D eigenvalue weighted by atomic mass is 9.73. The Kier molecular flexibility index (Phi) is 3.20. The third-order valence-electron chi connectivity index (χ3n) is 4.17. The lowest BCUT2D eigenvalue weighted by Gasteiger charge is -2.32. The van der Waals surface area contributed by atoms with E-state index in [-0.39, 0.29) is 0 Å². The zero-order valence-electron chi connectivity index (χ0n) is 12.0. The SMILES string of the molecule is CC1(C)CCC(c2noc(-c3ccnc(N)c3)n2)CC1. The van der Waals surface area contributed by atoms with E-state index in [0.29, 0.717) is 23.0 Å². The van der Waals surface area contributed by atoms with Crippen LogP contribution in [-0.4, -0.2) is 15.1 Å². The maximum atomic E-state index is 5.67. The van der Waals surface area contributed by atoms with E-state index in [4.69, 9.17) is 10.3 Å². The fourth-order valence-electron chi connectivity index (χ4n) is 2.76. The van der Waals surface area contributed by atoms with E-state index in [1.165, 1.54) is 12.8 Å².